The molecule has 13 heavy (non-hydrogen) atoms. The fourth-order valence-corrected chi connectivity index (χ4v) is 1.50. The largest absolute Gasteiger partial charge is 0.389 e. The molecule has 0 spiro atoms. The second-order valence-corrected chi connectivity index (χ2v) is 4.47. The Balaban J connectivity index is 3.39. The first-order valence-corrected chi connectivity index (χ1v) is 5.36. The van der Waals surface area contributed by atoms with Crippen LogP contribution < -0.4 is 0 Å². The zero-order chi connectivity index (χ0) is 10.3. The van der Waals surface area contributed by atoms with Crippen molar-refractivity contribution in [2.75, 3.05) is 0 Å². The van der Waals surface area contributed by atoms with E-state index in [4.69, 9.17) is 0 Å². The lowest BCUT2D eigenvalue weighted by Gasteiger charge is -2.14. The summed E-state index contributed by atoms with van der Waals surface area (Å²) in [5.74, 6) is 1.42. The number of rotatable bonds is 7. The number of aliphatic hydroxyl groups is 1. The van der Waals surface area contributed by atoms with Crippen LogP contribution in [0.1, 0.15) is 46.5 Å². The van der Waals surface area contributed by atoms with Gasteiger partial charge in [-0.3, -0.25) is 0 Å². The molecule has 0 aliphatic rings. The van der Waals surface area contributed by atoms with E-state index >= 15 is 0 Å². The van der Waals surface area contributed by atoms with Crippen LogP contribution in [-0.4, -0.2) is 11.2 Å². The van der Waals surface area contributed by atoms with Gasteiger partial charge in [-0.1, -0.05) is 46.1 Å². The average molecular weight is 184 g/mol. The van der Waals surface area contributed by atoms with E-state index in [0.717, 1.165) is 12.3 Å². The van der Waals surface area contributed by atoms with Gasteiger partial charge in [-0.2, -0.15) is 0 Å². The summed E-state index contributed by atoms with van der Waals surface area (Å²) in [6.45, 7) is 10.3. The van der Waals surface area contributed by atoms with Crippen LogP contribution in [0.5, 0.6) is 0 Å². The molecule has 0 aromatic heterocycles. The molecule has 0 radical (unpaired) electrons. The Labute approximate surface area is 82.9 Å². The molecule has 2 unspecified atom stereocenters. The highest BCUT2D eigenvalue weighted by Crippen LogP contribution is 2.16. The Morgan fingerprint density at radius 3 is 2.31 bits per heavy atom. The quantitative estimate of drug-likeness (QED) is 0.601. The predicted molar refractivity (Wildman–Crippen MR) is 58.7 cm³/mol. The zero-order valence-electron chi connectivity index (χ0n) is 9.29. The Hall–Kier alpha value is -0.300. The van der Waals surface area contributed by atoms with Gasteiger partial charge >= 0.3 is 0 Å². The summed E-state index contributed by atoms with van der Waals surface area (Å²) < 4.78 is 0. The van der Waals surface area contributed by atoms with Crippen LogP contribution in [0.2, 0.25) is 0 Å². The van der Waals surface area contributed by atoms with Crippen LogP contribution in [0.4, 0.5) is 0 Å². The van der Waals surface area contributed by atoms with Crippen LogP contribution in [0, 0.1) is 11.8 Å². The lowest BCUT2D eigenvalue weighted by molar-refractivity contribution is 0.187. The van der Waals surface area contributed by atoms with Crippen molar-refractivity contribution in [1.29, 1.82) is 0 Å². The molecular formula is C12H24O. The minimum atomic E-state index is -0.311. The monoisotopic (exact) mass is 184 g/mol. The molecule has 78 valence electrons. The maximum absolute atomic E-state index is 9.32. The average Bonchev–Trinajstić information content (AvgIpc) is 2.03. The van der Waals surface area contributed by atoms with Crippen LogP contribution in [0.25, 0.3) is 0 Å². The van der Waals surface area contributed by atoms with Crippen molar-refractivity contribution in [2.45, 2.75) is 52.6 Å². The summed E-state index contributed by atoms with van der Waals surface area (Å²) in [7, 11) is 0. The normalized spacial score (nSPS) is 15.8. The molecule has 0 bridgehead atoms. The zero-order valence-corrected chi connectivity index (χ0v) is 9.29. The second kappa shape index (κ2) is 7.14. The van der Waals surface area contributed by atoms with Gasteiger partial charge in [0, 0.05) is 0 Å². The predicted octanol–water partition coefficient (Wildman–Crippen LogP) is 3.39. The first-order chi connectivity index (χ1) is 6.06. The summed E-state index contributed by atoms with van der Waals surface area (Å²) in [4.78, 5) is 0. The highest BCUT2D eigenvalue weighted by atomic mass is 16.3. The molecular weight excluding hydrogens is 160 g/mol. The molecule has 1 N–H and O–H groups in total. The molecule has 0 amide bonds. The topological polar surface area (TPSA) is 20.2 Å². The lowest BCUT2D eigenvalue weighted by atomic mass is 9.95. The molecule has 1 nitrogen and oxygen atoms in total. The Kier molecular flexibility index (Phi) is 6.97. The van der Waals surface area contributed by atoms with Gasteiger partial charge in [0.1, 0.15) is 0 Å². The maximum Gasteiger partial charge on any atom is 0.0720 e. The third-order valence-corrected chi connectivity index (χ3v) is 2.39. The van der Waals surface area contributed by atoms with Crippen molar-refractivity contribution in [3.05, 3.63) is 12.7 Å². The van der Waals surface area contributed by atoms with Gasteiger partial charge in [0.2, 0.25) is 0 Å². The highest BCUT2D eigenvalue weighted by molar-refractivity contribution is 4.79. The van der Waals surface area contributed by atoms with Crippen LogP contribution >= 0.6 is 0 Å². The van der Waals surface area contributed by atoms with E-state index in [1.54, 1.807) is 6.08 Å². The maximum atomic E-state index is 9.32. The Morgan fingerprint density at radius 2 is 1.85 bits per heavy atom. The smallest absolute Gasteiger partial charge is 0.0720 e. The lowest BCUT2D eigenvalue weighted by Crippen LogP contribution is -2.08. The van der Waals surface area contributed by atoms with Crippen molar-refractivity contribution < 1.29 is 5.11 Å². The van der Waals surface area contributed by atoms with Crippen molar-refractivity contribution in [1.82, 2.24) is 0 Å². The van der Waals surface area contributed by atoms with Gasteiger partial charge in [0.05, 0.1) is 6.10 Å². The van der Waals surface area contributed by atoms with E-state index in [1.165, 1.54) is 19.3 Å². The fourth-order valence-electron chi connectivity index (χ4n) is 1.50. The van der Waals surface area contributed by atoms with E-state index in [1.807, 2.05) is 0 Å². The van der Waals surface area contributed by atoms with Gasteiger partial charge in [0.15, 0.2) is 0 Å². The van der Waals surface area contributed by atoms with Crippen molar-refractivity contribution in [3.63, 3.8) is 0 Å². The van der Waals surface area contributed by atoms with Crippen molar-refractivity contribution in [3.8, 4) is 0 Å². The molecule has 0 aromatic carbocycles. The molecule has 0 fully saturated rings. The van der Waals surface area contributed by atoms with Crippen molar-refractivity contribution >= 4 is 0 Å². The van der Waals surface area contributed by atoms with Crippen molar-refractivity contribution in [2.24, 2.45) is 11.8 Å². The third kappa shape index (κ3) is 8.04. The summed E-state index contributed by atoms with van der Waals surface area (Å²) in [6.07, 6.45) is 5.98. The fraction of sp³-hybridized carbons (Fsp3) is 0.833. The number of aliphatic hydroxyl groups excluding tert-OH is 1. The highest BCUT2D eigenvalue weighted by Gasteiger charge is 2.07. The molecule has 0 aromatic rings. The Bertz CT molecular complexity index is 129. The molecule has 1 heteroatoms. The second-order valence-electron chi connectivity index (χ2n) is 4.47. The summed E-state index contributed by atoms with van der Waals surface area (Å²) in [5, 5.41) is 9.32. The van der Waals surface area contributed by atoms with Crippen LogP contribution in [0.15, 0.2) is 12.7 Å². The van der Waals surface area contributed by atoms with Gasteiger partial charge < -0.3 is 5.11 Å². The van der Waals surface area contributed by atoms with Gasteiger partial charge in [-0.25, -0.2) is 0 Å². The van der Waals surface area contributed by atoms with E-state index in [9.17, 15) is 5.11 Å². The molecule has 2 atom stereocenters. The summed E-state index contributed by atoms with van der Waals surface area (Å²) >= 11 is 0. The summed E-state index contributed by atoms with van der Waals surface area (Å²) in [5.41, 5.74) is 0. The van der Waals surface area contributed by atoms with E-state index < -0.39 is 0 Å². The number of hydrogen-bond donors (Lipinski definition) is 1. The molecule has 0 aliphatic carbocycles. The summed E-state index contributed by atoms with van der Waals surface area (Å²) in [6, 6.07) is 0. The van der Waals surface area contributed by atoms with Crippen LogP contribution in [0.3, 0.4) is 0 Å². The first kappa shape index (κ1) is 12.7. The van der Waals surface area contributed by atoms with E-state index in [2.05, 4.69) is 27.4 Å². The molecule has 0 saturated heterocycles. The number of hydrogen-bond acceptors (Lipinski definition) is 1. The van der Waals surface area contributed by atoms with Gasteiger partial charge in [-0.05, 0) is 18.3 Å². The standard InChI is InChI=1S/C12H24O/c1-5-12(13)9-11(4)8-6-7-10(2)3/h5,10-13H,1,6-9H2,2-4H3. The minimum Gasteiger partial charge on any atom is -0.389 e. The minimum absolute atomic E-state index is 0.311. The third-order valence-electron chi connectivity index (χ3n) is 2.39. The molecule has 0 aliphatic heterocycles. The molecule has 0 rings (SSSR count). The molecule has 0 heterocycles. The first-order valence-electron chi connectivity index (χ1n) is 5.36. The van der Waals surface area contributed by atoms with Crippen LogP contribution in [-0.2, 0) is 0 Å². The van der Waals surface area contributed by atoms with E-state index in [-0.39, 0.29) is 6.10 Å². The Morgan fingerprint density at radius 1 is 1.23 bits per heavy atom. The van der Waals surface area contributed by atoms with E-state index in [0.29, 0.717) is 5.92 Å². The SMILES string of the molecule is C=CC(O)CC(C)CCCC(C)C. The van der Waals surface area contributed by atoms with Gasteiger partial charge in [-0.15, -0.1) is 6.58 Å². The molecule has 0 saturated carbocycles. The van der Waals surface area contributed by atoms with Gasteiger partial charge in [0.25, 0.3) is 0 Å².